The molecular weight excluding hydrogens is 582 g/mol. The molecule has 0 atom stereocenters. The summed E-state index contributed by atoms with van der Waals surface area (Å²) in [5, 5.41) is 6.84. The first-order valence-electron chi connectivity index (χ1n) is 16.7. The van der Waals surface area contributed by atoms with Gasteiger partial charge in [0, 0.05) is 88.2 Å². The number of piperazine rings is 1. The summed E-state index contributed by atoms with van der Waals surface area (Å²) >= 11 is 0. The molecule has 1 saturated carbocycles. The van der Waals surface area contributed by atoms with Gasteiger partial charge in [0.25, 0.3) is 5.91 Å². The number of carbonyl (C=O) groups excluding carboxylic acids is 1. The van der Waals surface area contributed by atoms with E-state index in [0.29, 0.717) is 42.2 Å². The van der Waals surface area contributed by atoms with Crippen LogP contribution in [0.1, 0.15) is 49.0 Å². The van der Waals surface area contributed by atoms with Crippen LogP contribution in [-0.4, -0.2) is 108 Å². The molecule has 5 heterocycles. The molecule has 244 valence electrons. The maximum atomic E-state index is 12.7. The highest BCUT2D eigenvalue weighted by molar-refractivity contribution is 5.97. The highest BCUT2D eigenvalue weighted by atomic mass is 16.5. The third-order valence-corrected chi connectivity index (χ3v) is 9.79. The fraction of sp³-hybridized carbons (Fsp3) is 0.529. The van der Waals surface area contributed by atoms with Crippen LogP contribution < -0.4 is 26.0 Å². The number of nitrogens with zero attached hydrogens (tertiary/aromatic N) is 6. The van der Waals surface area contributed by atoms with Gasteiger partial charge in [0.2, 0.25) is 0 Å². The van der Waals surface area contributed by atoms with E-state index < -0.39 is 5.91 Å². The molecule has 46 heavy (non-hydrogen) atoms. The Labute approximate surface area is 270 Å². The molecule has 3 saturated heterocycles. The average Bonchev–Trinajstić information content (AvgIpc) is 3.95. The summed E-state index contributed by atoms with van der Waals surface area (Å²) in [5.74, 6) is 0.636. The van der Waals surface area contributed by atoms with Crippen molar-refractivity contribution in [2.24, 2.45) is 5.73 Å². The molecule has 3 aromatic rings. The van der Waals surface area contributed by atoms with E-state index in [9.17, 15) is 4.79 Å². The van der Waals surface area contributed by atoms with Gasteiger partial charge >= 0.3 is 0 Å². The second kappa shape index (κ2) is 13.8. The number of benzene rings is 1. The van der Waals surface area contributed by atoms with Crippen molar-refractivity contribution in [2.75, 3.05) is 75.1 Å². The first-order valence-corrected chi connectivity index (χ1v) is 16.7. The van der Waals surface area contributed by atoms with Crippen molar-refractivity contribution in [3.8, 4) is 17.1 Å². The number of hydrogen-bond donors (Lipinski definition) is 3. The zero-order chi connectivity index (χ0) is 31.5. The Morgan fingerprint density at radius 2 is 1.52 bits per heavy atom. The topological polar surface area (TPSA) is 134 Å². The molecule has 0 radical (unpaired) electrons. The monoisotopic (exact) mass is 627 g/mol. The van der Waals surface area contributed by atoms with Crippen LogP contribution in [0.2, 0.25) is 0 Å². The molecule has 3 aliphatic heterocycles. The van der Waals surface area contributed by atoms with Gasteiger partial charge in [-0.15, -0.1) is 0 Å². The van der Waals surface area contributed by atoms with Gasteiger partial charge in [-0.1, -0.05) is 0 Å². The van der Waals surface area contributed by atoms with E-state index in [2.05, 4.69) is 42.5 Å². The van der Waals surface area contributed by atoms with Gasteiger partial charge < -0.3 is 30.7 Å². The molecule has 0 unspecified atom stereocenters. The van der Waals surface area contributed by atoms with Gasteiger partial charge in [-0.2, -0.15) is 0 Å². The molecule has 1 aliphatic carbocycles. The number of nitrogens with two attached hydrogens (primary N) is 1. The molecule has 1 aromatic carbocycles. The molecule has 0 spiro atoms. The van der Waals surface area contributed by atoms with Crippen LogP contribution in [-0.2, 0) is 4.74 Å². The van der Waals surface area contributed by atoms with Crippen molar-refractivity contribution < 1.29 is 14.3 Å². The van der Waals surface area contributed by atoms with Gasteiger partial charge in [0.15, 0.2) is 17.3 Å². The van der Waals surface area contributed by atoms with E-state index >= 15 is 0 Å². The number of aromatic nitrogens is 3. The predicted octanol–water partition coefficient (Wildman–Crippen LogP) is 3.73. The van der Waals surface area contributed by atoms with Crippen LogP contribution in [0.25, 0.3) is 11.4 Å². The zero-order valence-electron chi connectivity index (χ0n) is 26.7. The summed E-state index contributed by atoms with van der Waals surface area (Å²) in [4.78, 5) is 34.7. The van der Waals surface area contributed by atoms with Gasteiger partial charge in [0.1, 0.15) is 17.1 Å². The number of nitrogens with one attached hydrogen (secondary N) is 2. The Hall–Kier alpha value is -4.00. The summed E-state index contributed by atoms with van der Waals surface area (Å²) in [6, 6.07) is 13.6. The summed E-state index contributed by atoms with van der Waals surface area (Å²) in [5.41, 5.74) is 8.76. The van der Waals surface area contributed by atoms with E-state index in [-0.39, 0.29) is 17.6 Å². The van der Waals surface area contributed by atoms with E-state index in [1.807, 2.05) is 12.1 Å². The number of piperidine rings is 1. The number of anilines is 4. The molecule has 12 heteroatoms. The van der Waals surface area contributed by atoms with Crippen LogP contribution in [0.15, 0.2) is 42.6 Å². The van der Waals surface area contributed by atoms with Gasteiger partial charge in [0.05, 0.1) is 7.11 Å². The van der Waals surface area contributed by atoms with E-state index in [4.69, 9.17) is 25.2 Å². The third kappa shape index (κ3) is 6.89. The normalized spacial score (nSPS) is 20.4. The number of carbonyl (C=O) groups is 1. The third-order valence-electron chi connectivity index (χ3n) is 9.79. The Morgan fingerprint density at radius 3 is 2.15 bits per heavy atom. The molecule has 4 aliphatic rings. The number of primary amides is 1. The highest BCUT2D eigenvalue weighted by Crippen LogP contribution is 2.35. The lowest BCUT2D eigenvalue weighted by molar-refractivity contribution is 0.0809. The Kier molecular flexibility index (Phi) is 9.18. The van der Waals surface area contributed by atoms with Crippen LogP contribution in [0.3, 0.4) is 0 Å². The number of amides is 1. The quantitative estimate of drug-likeness (QED) is 0.304. The van der Waals surface area contributed by atoms with Crippen LogP contribution >= 0.6 is 0 Å². The standard InChI is InChI=1S/C34H45N9O3/c1-45-28-3-2-14-36-29(28)30-33(38-24-12-21-46-22-13-24)40-34(31(39-30)32(35)44)37-23-4-6-25(7-5-23)41-15-10-27(11-16-41)43-19-17-42(18-20-43)26-8-9-26/h2-7,14,24,26-27H,8-13,15-22H2,1H3,(H2,35,44)(H2,37,38,40). The Morgan fingerprint density at radius 1 is 0.848 bits per heavy atom. The fourth-order valence-electron chi connectivity index (χ4n) is 7.02. The van der Waals surface area contributed by atoms with Crippen molar-refractivity contribution in [1.82, 2.24) is 24.8 Å². The summed E-state index contributed by atoms with van der Waals surface area (Å²) in [7, 11) is 1.58. The molecule has 4 fully saturated rings. The van der Waals surface area contributed by atoms with E-state index in [0.717, 1.165) is 37.7 Å². The molecule has 12 nitrogen and oxygen atoms in total. The number of pyridine rings is 1. The number of hydrogen-bond acceptors (Lipinski definition) is 11. The number of ether oxygens (including phenoxy) is 2. The molecular formula is C34H45N9O3. The van der Waals surface area contributed by atoms with Gasteiger partial charge in [-0.05, 0) is 74.9 Å². The zero-order valence-corrected chi connectivity index (χ0v) is 26.7. The molecule has 0 bridgehead atoms. The summed E-state index contributed by atoms with van der Waals surface area (Å²) in [6.45, 7) is 8.32. The van der Waals surface area contributed by atoms with Crippen molar-refractivity contribution in [1.29, 1.82) is 0 Å². The van der Waals surface area contributed by atoms with E-state index in [1.54, 1.807) is 25.4 Å². The second-order valence-corrected chi connectivity index (χ2v) is 12.8. The van der Waals surface area contributed by atoms with Gasteiger partial charge in [-0.3, -0.25) is 19.6 Å². The summed E-state index contributed by atoms with van der Waals surface area (Å²) < 4.78 is 11.1. The SMILES string of the molecule is COc1cccnc1-c1nc(C(N)=O)c(Nc2ccc(N3CCC(N4CCN(C5CC5)CC4)CC3)cc2)nc1NC1CCOCC1. The van der Waals surface area contributed by atoms with Crippen molar-refractivity contribution in [2.45, 2.75) is 56.7 Å². The number of rotatable bonds is 10. The lowest BCUT2D eigenvalue weighted by atomic mass is 10.0. The minimum absolute atomic E-state index is 0.0318. The van der Waals surface area contributed by atoms with Crippen molar-refractivity contribution >= 4 is 28.9 Å². The predicted molar refractivity (Wildman–Crippen MR) is 179 cm³/mol. The molecule has 7 rings (SSSR count). The Balaban J connectivity index is 1.06. The summed E-state index contributed by atoms with van der Waals surface area (Å²) in [6.07, 6.45) is 8.50. The lowest BCUT2D eigenvalue weighted by Crippen LogP contribution is -2.53. The van der Waals surface area contributed by atoms with Crippen molar-refractivity contribution in [3.05, 3.63) is 48.3 Å². The fourth-order valence-corrected chi connectivity index (χ4v) is 7.02. The van der Waals surface area contributed by atoms with Crippen LogP contribution in [0.4, 0.5) is 23.0 Å². The maximum absolute atomic E-state index is 12.7. The van der Waals surface area contributed by atoms with Crippen molar-refractivity contribution in [3.63, 3.8) is 0 Å². The number of methoxy groups -OCH3 is 1. The van der Waals surface area contributed by atoms with Crippen LogP contribution in [0.5, 0.6) is 5.75 Å². The Bertz CT molecular complexity index is 1490. The highest BCUT2D eigenvalue weighted by Gasteiger charge is 2.34. The first-order chi connectivity index (χ1) is 22.6. The second-order valence-electron chi connectivity index (χ2n) is 12.8. The molecule has 1 amide bonds. The van der Waals surface area contributed by atoms with Gasteiger partial charge in [-0.25, -0.2) is 9.97 Å². The lowest BCUT2D eigenvalue weighted by Gasteiger charge is -2.43. The largest absolute Gasteiger partial charge is 0.494 e. The molecule has 4 N–H and O–H groups in total. The van der Waals surface area contributed by atoms with E-state index in [1.165, 1.54) is 57.5 Å². The minimum atomic E-state index is -0.683. The average molecular weight is 628 g/mol. The first kappa shape index (κ1) is 30.6. The minimum Gasteiger partial charge on any atom is -0.494 e. The maximum Gasteiger partial charge on any atom is 0.271 e. The van der Waals surface area contributed by atoms with Crippen LogP contribution in [0, 0.1) is 0 Å². The molecule has 2 aromatic heterocycles. The smallest absolute Gasteiger partial charge is 0.271 e.